The molecule has 0 saturated carbocycles. The molecule has 7 nitrogen and oxygen atoms in total. The molecule has 1 aliphatic rings. The summed E-state index contributed by atoms with van der Waals surface area (Å²) >= 11 is 0. The second-order valence-corrected chi connectivity index (χ2v) is 6.75. The predicted molar refractivity (Wildman–Crippen MR) is 101 cm³/mol. The lowest BCUT2D eigenvalue weighted by Gasteiger charge is -2.11. The van der Waals surface area contributed by atoms with Gasteiger partial charge in [0.05, 0.1) is 11.0 Å². The third kappa shape index (κ3) is 4.47. The van der Waals surface area contributed by atoms with E-state index in [1.54, 1.807) is 0 Å². The average molecular weight is 355 g/mol. The summed E-state index contributed by atoms with van der Waals surface area (Å²) in [6, 6.07) is 4.16. The van der Waals surface area contributed by atoms with Crippen LogP contribution in [0, 0.1) is 13.8 Å². The minimum Gasteiger partial charge on any atom is -0.356 e. The molecule has 1 aliphatic heterocycles. The second kappa shape index (κ2) is 8.12. The number of nitrogens with zero attached hydrogens (tertiary/aromatic N) is 2. The number of aromatic nitrogens is 2. The Morgan fingerprint density at radius 2 is 2.08 bits per heavy atom. The molecule has 0 bridgehead atoms. The Morgan fingerprint density at radius 1 is 1.23 bits per heavy atom. The smallest absolute Gasteiger partial charge is 0.240 e. The summed E-state index contributed by atoms with van der Waals surface area (Å²) in [6.07, 6.45) is 3.72. The van der Waals surface area contributed by atoms with Crippen LogP contribution in [-0.4, -0.2) is 34.0 Å². The lowest BCUT2D eigenvalue weighted by Crippen LogP contribution is -2.28. The highest BCUT2D eigenvalue weighted by atomic mass is 16.2. The summed E-state index contributed by atoms with van der Waals surface area (Å²) in [4.78, 5) is 31.0. The summed E-state index contributed by atoms with van der Waals surface area (Å²) < 4.78 is 0. The van der Waals surface area contributed by atoms with Crippen molar-refractivity contribution in [3.05, 3.63) is 29.1 Å². The van der Waals surface area contributed by atoms with Crippen molar-refractivity contribution < 1.29 is 9.59 Å². The molecular formula is C19H25N5O2. The molecule has 0 aliphatic carbocycles. The summed E-state index contributed by atoms with van der Waals surface area (Å²) in [6.45, 7) is 4.80. The van der Waals surface area contributed by atoms with Gasteiger partial charge in [-0.1, -0.05) is 6.07 Å². The quantitative estimate of drug-likeness (QED) is 0.664. The molecule has 1 aromatic heterocycles. The first-order valence-electron chi connectivity index (χ1n) is 9.08. The van der Waals surface area contributed by atoms with Gasteiger partial charge in [0.2, 0.25) is 11.8 Å². The van der Waals surface area contributed by atoms with Gasteiger partial charge >= 0.3 is 0 Å². The number of imidazole rings is 1. The monoisotopic (exact) mass is 355 g/mol. The van der Waals surface area contributed by atoms with Gasteiger partial charge in [0.25, 0.3) is 0 Å². The van der Waals surface area contributed by atoms with Crippen molar-refractivity contribution in [3.63, 3.8) is 0 Å². The number of benzene rings is 1. The molecule has 26 heavy (non-hydrogen) atoms. The van der Waals surface area contributed by atoms with E-state index >= 15 is 0 Å². The van der Waals surface area contributed by atoms with Crippen LogP contribution in [0.3, 0.4) is 0 Å². The van der Waals surface area contributed by atoms with Crippen molar-refractivity contribution in [3.8, 4) is 0 Å². The van der Waals surface area contributed by atoms with Gasteiger partial charge in [-0.05, 0) is 50.3 Å². The largest absolute Gasteiger partial charge is 0.356 e. The van der Waals surface area contributed by atoms with Crippen molar-refractivity contribution in [2.45, 2.75) is 52.4 Å². The van der Waals surface area contributed by atoms with Crippen LogP contribution in [0.4, 0.5) is 0 Å². The number of H-pyrrole nitrogens is 1. The average Bonchev–Trinajstić information content (AvgIpc) is 3.05. The molecule has 138 valence electrons. The number of hydrazone groups is 1. The molecule has 2 heterocycles. The van der Waals surface area contributed by atoms with Gasteiger partial charge in [-0.2, -0.15) is 5.10 Å². The van der Waals surface area contributed by atoms with E-state index in [4.69, 9.17) is 0 Å². The first-order valence-corrected chi connectivity index (χ1v) is 9.08. The van der Waals surface area contributed by atoms with Crippen molar-refractivity contribution in [1.29, 1.82) is 0 Å². The number of carbonyl (C=O) groups is 2. The van der Waals surface area contributed by atoms with Crippen LogP contribution in [0.5, 0.6) is 0 Å². The van der Waals surface area contributed by atoms with Crippen LogP contribution in [0.25, 0.3) is 11.0 Å². The fourth-order valence-electron chi connectivity index (χ4n) is 3.00. The zero-order chi connectivity index (χ0) is 18.5. The third-order valence-corrected chi connectivity index (χ3v) is 4.76. The lowest BCUT2D eigenvalue weighted by atomic mass is 10.1. The molecule has 2 amide bonds. The number of rotatable bonds is 7. The van der Waals surface area contributed by atoms with Crippen molar-refractivity contribution in [1.82, 2.24) is 20.7 Å². The number of amides is 2. The molecule has 0 unspecified atom stereocenters. The molecule has 3 rings (SSSR count). The molecule has 3 N–H and O–H groups in total. The first kappa shape index (κ1) is 18.1. The Morgan fingerprint density at radius 3 is 2.85 bits per heavy atom. The summed E-state index contributed by atoms with van der Waals surface area (Å²) in [5.41, 5.74) is 7.88. The third-order valence-electron chi connectivity index (χ3n) is 4.76. The van der Waals surface area contributed by atoms with Crippen molar-refractivity contribution >= 4 is 28.6 Å². The van der Waals surface area contributed by atoms with Gasteiger partial charge in [-0.25, -0.2) is 10.4 Å². The molecule has 0 saturated heterocycles. The molecule has 0 atom stereocenters. The van der Waals surface area contributed by atoms with Crippen LogP contribution in [0.15, 0.2) is 17.2 Å². The number of aryl methyl sites for hydroxylation is 3. The Labute approximate surface area is 152 Å². The summed E-state index contributed by atoms with van der Waals surface area (Å²) in [7, 11) is 0. The number of aromatic amines is 1. The van der Waals surface area contributed by atoms with Crippen LogP contribution in [-0.2, 0) is 16.0 Å². The van der Waals surface area contributed by atoms with E-state index in [-0.39, 0.29) is 11.8 Å². The van der Waals surface area contributed by atoms with Gasteiger partial charge in [0, 0.05) is 31.5 Å². The van der Waals surface area contributed by atoms with Gasteiger partial charge in [-0.15, -0.1) is 0 Å². The van der Waals surface area contributed by atoms with Crippen molar-refractivity contribution in [2.75, 3.05) is 6.54 Å². The molecule has 0 fully saturated rings. The standard InChI is InChI=1S/C19H25N5O2/c1-12-5-8-15-19(13(12)2)22-16(21-15)4-3-11-20-17(25)9-6-14-7-10-18(26)24-23-14/h5,8H,3-4,6-7,9-11H2,1-2H3,(H,20,25)(H,21,22)(H,24,26). The van der Waals surface area contributed by atoms with Gasteiger partial charge in [-0.3, -0.25) is 9.59 Å². The normalized spacial score (nSPS) is 14.2. The molecule has 7 heteroatoms. The fourth-order valence-corrected chi connectivity index (χ4v) is 3.00. The highest BCUT2D eigenvalue weighted by molar-refractivity contribution is 5.94. The molecule has 2 aromatic rings. The molecule has 1 aromatic carbocycles. The lowest BCUT2D eigenvalue weighted by molar-refractivity contribution is -0.121. The number of hydrogen-bond donors (Lipinski definition) is 3. The number of nitrogens with one attached hydrogen (secondary N) is 3. The molecule has 0 radical (unpaired) electrons. The van der Waals surface area contributed by atoms with E-state index in [0.29, 0.717) is 32.2 Å². The SMILES string of the molecule is Cc1ccc2[nH]c(CCCNC(=O)CCC3=NNC(=O)CC3)nc2c1C. The molecular weight excluding hydrogens is 330 g/mol. The fraction of sp³-hybridized carbons (Fsp3) is 0.474. The van der Waals surface area contributed by atoms with Crippen LogP contribution < -0.4 is 10.7 Å². The van der Waals surface area contributed by atoms with Crippen LogP contribution in [0.2, 0.25) is 0 Å². The summed E-state index contributed by atoms with van der Waals surface area (Å²) in [5.74, 6) is 0.907. The number of hydrogen-bond acceptors (Lipinski definition) is 4. The number of fused-ring (bicyclic) bond motifs is 1. The first-order chi connectivity index (χ1) is 12.5. The maximum absolute atomic E-state index is 11.9. The van der Waals surface area contributed by atoms with Crippen LogP contribution >= 0.6 is 0 Å². The van der Waals surface area contributed by atoms with Gasteiger partial charge in [0.15, 0.2) is 0 Å². The Hall–Kier alpha value is -2.70. The Kier molecular flexibility index (Phi) is 5.65. The van der Waals surface area contributed by atoms with Gasteiger partial charge in [0.1, 0.15) is 5.82 Å². The predicted octanol–water partition coefficient (Wildman–Crippen LogP) is 2.27. The zero-order valence-corrected chi connectivity index (χ0v) is 15.3. The van der Waals surface area contributed by atoms with E-state index in [0.717, 1.165) is 35.4 Å². The minimum atomic E-state index is -0.0610. The summed E-state index contributed by atoms with van der Waals surface area (Å²) in [5, 5.41) is 6.91. The van der Waals surface area contributed by atoms with Crippen LogP contribution in [0.1, 0.15) is 49.1 Å². The Balaban J connectivity index is 1.39. The highest BCUT2D eigenvalue weighted by Gasteiger charge is 2.13. The second-order valence-electron chi connectivity index (χ2n) is 6.75. The maximum atomic E-state index is 11.9. The van der Waals surface area contributed by atoms with Crippen molar-refractivity contribution in [2.24, 2.45) is 5.10 Å². The molecule has 0 spiro atoms. The maximum Gasteiger partial charge on any atom is 0.240 e. The van der Waals surface area contributed by atoms with Gasteiger partial charge < -0.3 is 10.3 Å². The highest BCUT2D eigenvalue weighted by Crippen LogP contribution is 2.19. The number of carbonyl (C=O) groups excluding carboxylic acids is 2. The van der Waals surface area contributed by atoms with E-state index in [2.05, 4.69) is 51.8 Å². The van der Waals surface area contributed by atoms with E-state index in [1.807, 2.05) is 0 Å². The van der Waals surface area contributed by atoms with E-state index < -0.39 is 0 Å². The minimum absolute atomic E-state index is 0.0145. The topological polar surface area (TPSA) is 99.2 Å². The zero-order valence-electron chi connectivity index (χ0n) is 15.3. The Bertz CT molecular complexity index is 853. The van der Waals surface area contributed by atoms with E-state index in [9.17, 15) is 9.59 Å². The van der Waals surface area contributed by atoms with E-state index in [1.165, 1.54) is 11.1 Å².